The summed E-state index contributed by atoms with van der Waals surface area (Å²) in [4.78, 5) is 12.6. The fourth-order valence-electron chi connectivity index (χ4n) is 2.61. The standard InChI is InChI=1S/C17H16INO/c18-14-5-1-12(2-6-14)11-16(20)17(9-10-17)13-3-7-15(19)8-4-13/h1-8H,9-11,19H2. The lowest BCUT2D eigenvalue weighted by molar-refractivity contribution is -0.120. The zero-order chi connectivity index (χ0) is 14.2. The molecule has 3 rings (SSSR count). The molecule has 0 radical (unpaired) electrons. The van der Waals surface area contributed by atoms with Crippen LogP contribution in [0.1, 0.15) is 24.0 Å². The summed E-state index contributed by atoms with van der Waals surface area (Å²) in [6.45, 7) is 0. The van der Waals surface area contributed by atoms with E-state index in [1.165, 1.54) is 3.57 Å². The highest BCUT2D eigenvalue weighted by Crippen LogP contribution is 2.49. The van der Waals surface area contributed by atoms with Gasteiger partial charge in [-0.2, -0.15) is 0 Å². The molecule has 2 nitrogen and oxygen atoms in total. The minimum Gasteiger partial charge on any atom is -0.399 e. The van der Waals surface area contributed by atoms with Crippen molar-refractivity contribution in [2.75, 3.05) is 5.73 Å². The van der Waals surface area contributed by atoms with Gasteiger partial charge in [0.1, 0.15) is 5.78 Å². The van der Waals surface area contributed by atoms with Crippen LogP contribution in [0.15, 0.2) is 48.5 Å². The number of rotatable bonds is 4. The number of benzene rings is 2. The Morgan fingerprint density at radius 1 is 1.05 bits per heavy atom. The van der Waals surface area contributed by atoms with Crippen LogP contribution in [0.2, 0.25) is 0 Å². The summed E-state index contributed by atoms with van der Waals surface area (Å²) >= 11 is 2.27. The molecule has 0 aromatic heterocycles. The zero-order valence-corrected chi connectivity index (χ0v) is 13.3. The Balaban J connectivity index is 1.79. The van der Waals surface area contributed by atoms with Gasteiger partial charge in [0, 0.05) is 15.7 Å². The van der Waals surface area contributed by atoms with Gasteiger partial charge in [0.15, 0.2) is 0 Å². The van der Waals surface area contributed by atoms with E-state index in [1.54, 1.807) is 0 Å². The van der Waals surface area contributed by atoms with E-state index in [-0.39, 0.29) is 5.41 Å². The minimum atomic E-state index is -0.253. The van der Waals surface area contributed by atoms with Crippen LogP contribution < -0.4 is 5.73 Å². The number of carbonyl (C=O) groups is 1. The predicted octanol–water partition coefficient (Wildman–Crippen LogP) is 3.72. The van der Waals surface area contributed by atoms with Crippen molar-refractivity contribution in [3.05, 3.63) is 63.2 Å². The van der Waals surface area contributed by atoms with Crippen LogP contribution in [0, 0.1) is 3.57 Å². The Bertz CT molecular complexity index is 627. The summed E-state index contributed by atoms with van der Waals surface area (Å²) in [5.41, 5.74) is 8.42. The van der Waals surface area contributed by atoms with E-state index in [0.717, 1.165) is 29.7 Å². The molecule has 3 heteroatoms. The highest BCUT2D eigenvalue weighted by atomic mass is 127. The SMILES string of the molecule is Nc1ccc(C2(C(=O)Cc3ccc(I)cc3)CC2)cc1. The highest BCUT2D eigenvalue weighted by molar-refractivity contribution is 14.1. The Labute approximate surface area is 132 Å². The molecule has 1 aliphatic rings. The fourth-order valence-corrected chi connectivity index (χ4v) is 2.97. The molecule has 2 aromatic carbocycles. The summed E-state index contributed by atoms with van der Waals surface area (Å²) in [7, 11) is 0. The molecule has 20 heavy (non-hydrogen) atoms. The summed E-state index contributed by atoms with van der Waals surface area (Å²) in [6, 6.07) is 15.9. The van der Waals surface area contributed by atoms with Crippen LogP contribution in [-0.4, -0.2) is 5.78 Å². The van der Waals surface area contributed by atoms with Crippen molar-refractivity contribution in [2.24, 2.45) is 0 Å². The zero-order valence-electron chi connectivity index (χ0n) is 11.1. The van der Waals surface area contributed by atoms with Gasteiger partial charge in [-0.05, 0) is 70.8 Å². The third-order valence-electron chi connectivity index (χ3n) is 4.02. The van der Waals surface area contributed by atoms with Gasteiger partial charge < -0.3 is 5.73 Å². The van der Waals surface area contributed by atoms with Crippen LogP contribution in [0.4, 0.5) is 5.69 Å². The maximum Gasteiger partial charge on any atom is 0.147 e. The van der Waals surface area contributed by atoms with Crippen LogP contribution in [0.5, 0.6) is 0 Å². The molecule has 2 N–H and O–H groups in total. The first-order valence-electron chi connectivity index (χ1n) is 6.74. The molecule has 1 aliphatic carbocycles. The van der Waals surface area contributed by atoms with Crippen molar-refractivity contribution in [1.82, 2.24) is 0 Å². The Morgan fingerprint density at radius 2 is 1.65 bits per heavy atom. The first-order chi connectivity index (χ1) is 9.60. The summed E-state index contributed by atoms with van der Waals surface area (Å²) in [5.74, 6) is 0.323. The van der Waals surface area contributed by atoms with Crippen molar-refractivity contribution in [3.8, 4) is 0 Å². The van der Waals surface area contributed by atoms with E-state index in [1.807, 2.05) is 48.5 Å². The topological polar surface area (TPSA) is 43.1 Å². The lowest BCUT2D eigenvalue weighted by Gasteiger charge is -2.15. The second kappa shape index (κ2) is 5.20. The molecular formula is C17H16INO. The molecule has 0 amide bonds. The average Bonchev–Trinajstić information content (AvgIpc) is 3.24. The highest BCUT2D eigenvalue weighted by Gasteiger charge is 2.50. The van der Waals surface area contributed by atoms with Crippen molar-refractivity contribution in [1.29, 1.82) is 0 Å². The summed E-state index contributed by atoms with van der Waals surface area (Å²) in [5, 5.41) is 0. The Kier molecular flexibility index (Phi) is 3.54. The van der Waals surface area contributed by atoms with Gasteiger partial charge in [-0.25, -0.2) is 0 Å². The van der Waals surface area contributed by atoms with Gasteiger partial charge in [0.05, 0.1) is 5.41 Å². The molecule has 1 saturated carbocycles. The first kappa shape index (κ1) is 13.6. The predicted molar refractivity (Wildman–Crippen MR) is 89.6 cm³/mol. The molecular weight excluding hydrogens is 361 g/mol. The minimum absolute atomic E-state index is 0.253. The summed E-state index contributed by atoms with van der Waals surface area (Å²) in [6.07, 6.45) is 2.43. The van der Waals surface area contributed by atoms with Gasteiger partial charge in [-0.3, -0.25) is 4.79 Å². The molecule has 0 heterocycles. The Hall–Kier alpha value is -1.36. The third kappa shape index (κ3) is 2.59. The molecule has 0 atom stereocenters. The lowest BCUT2D eigenvalue weighted by Crippen LogP contribution is -2.22. The fraction of sp³-hybridized carbons (Fsp3) is 0.235. The average molecular weight is 377 g/mol. The van der Waals surface area contributed by atoms with Gasteiger partial charge >= 0.3 is 0 Å². The number of nitrogens with two attached hydrogens (primary N) is 1. The van der Waals surface area contributed by atoms with Gasteiger partial charge in [-0.1, -0.05) is 24.3 Å². The number of anilines is 1. The van der Waals surface area contributed by atoms with Crippen molar-refractivity contribution in [2.45, 2.75) is 24.7 Å². The molecule has 0 aliphatic heterocycles. The van der Waals surface area contributed by atoms with E-state index < -0.39 is 0 Å². The maximum absolute atomic E-state index is 12.6. The molecule has 0 saturated heterocycles. The first-order valence-corrected chi connectivity index (χ1v) is 7.82. The van der Waals surface area contributed by atoms with Gasteiger partial charge in [0.2, 0.25) is 0 Å². The van der Waals surface area contributed by atoms with E-state index >= 15 is 0 Å². The number of nitrogen functional groups attached to an aromatic ring is 1. The van der Waals surface area contributed by atoms with Crippen molar-refractivity contribution >= 4 is 34.1 Å². The van der Waals surface area contributed by atoms with E-state index in [0.29, 0.717) is 12.2 Å². The summed E-state index contributed by atoms with van der Waals surface area (Å²) < 4.78 is 1.19. The third-order valence-corrected chi connectivity index (χ3v) is 4.74. The second-order valence-corrected chi connectivity index (χ2v) is 6.68. The molecule has 102 valence electrons. The normalized spacial score (nSPS) is 15.8. The second-order valence-electron chi connectivity index (χ2n) is 5.43. The number of halogens is 1. The van der Waals surface area contributed by atoms with E-state index in [9.17, 15) is 4.79 Å². The van der Waals surface area contributed by atoms with E-state index in [2.05, 4.69) is 22.6 Å². The van der Waals surface area contributed by atoms with Gasteiger partial charge in [0.25, 0.3) is 0 Å². The quantitative estimate of drug-likeness (QED) is 0.652. The number of Topliss-reactive ketones (excluding diaryl/α,β-unsaturated/α-hetero) is 1. The lowest BCUT2D eigenvalue weighted by atomic mass is 9.88. The molecule has 2 aromatic rings. The van der Waals surface area contributed by atoms with Crippen LogP contribution >= 0.6 is 22.6 Å². The molecule has 0 bridgehead atoms. The number of hydrogen-bond donors (Lipinski definition) is 1. The molecule has 1 fully saturated rings. The number of hydrogen-bond acceptors (Lipinski definition) is 2. The largest absolute Gasteiger partial charge is 0.399 e. The number of carbonyl (C=O) groups excluding carboxylic acids is 1. The van der Waals surface area contributed by atoms with Crippen LogP contribution in [0.25, 0.3) is 0 Å². The molecule has 0 unspecified atom stereocenters. The molecule has 0 spiro atoms. The van der Waals surface area contributed by atoms with Crippen LogP contribution in [-0.2, 0) is 16.6 Å². The van der Waals surface area contributed by atoms with Crippen molar-refractivity contribution < 1.29 is 4.79 Å². The number of ketones is 1. The van der Waals surface area contributed by atoms with Crippen molar-refractivity contribution in [3.63, 3.8) is 0 Å². The van der Waals surface area contributed by atoms with E-state index in [4.69, 9.17) is 5.73 Å². The van der Waals surface area contributed by atoms with Crippen LogP contribution in [0.3, 0.4) is 0 Å². The monoisotopic (exact) mass is 377 g/mol. The maximum atomic E-state index is 12.6. The van der Waals surface area contributed by atoms with Gasteiger partial charge in [-0.15, -0.1) is 0 Å². The Morgan fingerprint density at radius 3 is 2.20 bits per heavy atom. The smallest absolute Gasteiger partial charge is 0.147 e.